The summed E-state index contributed by atoms with van der Waals surface area (Å²) in [6, 6.07) is 9.43. The highest BCUT2D eigenvalue weighted by atomic mass is 31.2. The average molecular weight is 334 g/mol. The molecule has 0 heterocycles. The smallest absolute Gasteiger partial charge is 0.306 e. The summed E-state index contributed by atoms with van der Waals surface area (Å²) < 4.78 is 23.5. The van der Waals surface area contributed by atoms with Gasteiger partial charge in [-0.15, -0.1) is 5.92 Å². The molecule has 1 atom stereocenters. The van der Waals surface area contributed by atoms with E-state index in [4.69, 9.17) is 9.26 Å². The first-order valence-corrected chi connectivity index (χ1v) is 9.39. The molecule has 0 N–H and O–H groups in total. The minimum Gasteiger partial charge on any atom is -0.461 e. The third kappa shape index (κ3) is 6.44. The second-order valence-electron chi connectivity index (χ2n) is 4.76. The van der Waals surface area contributed by atoms with Gasteiger partial charge in [0.05, 0.1) is 18.3 Å². The minimum atomic E-state index is -3.11. The number of hydrogen-bond donors (Lipinski definition) is 0. The van der Waals surface area contributed by atoms with Crippen molar-refractivity contribution in [3.05, 3.63) is 47.3 Å². The summed E-state index contributed by atoms with van der Waals surface area (Å²) in [5, 5.41) is 0.456. The highest BCUT2D eigenvalue weighted by Crippen LogP contribution is 2.55. The van der Waals surface area contributed by atoms with Crippen LogP contribution in [0.1, 0.15) is 32.8 Å². The van der Waals surface area contributed by atoms with Gasteiger partial charge >= 0.3 is 5.97 Å². The van der Waals surface area contributed by atoms with E-state index in [0.29, 0.717) is 11.9 Å². The Bertz CT molecular complexity index is 638. The van der Waals surface area contributed by atoms with Crippen LogP contribution in [0.2, 0.25) is 0 Å². The number of hydrogen-bond acceptors (Lipinski definition) is 4. The predicted octanol–water partition coefficient (Wildman–Crippen LogP) is 4.36. The summed E-state index contributed by atoms with van der Waals surface area (Å²) in [6.45, 7) is 5.73. The second-order valence-corrected chi connectivity index (χ2v) is 7.29. The Morgan fingerprint density at radius 2 is 2.00 bits per heavy atom. The van der Waals surface area contributed by atoms with Crippen LogP contribution in [-0.4, -0.2) is 18.7 Å². The topological polar surface area (TPSA) is 52.6 Å². The highest BCUT2D eigenvalue weighted by Gasteiger charge is 2.28. The molecule has 0 radical (unpaired) electrons. The highest BCUT2D eigenvalue weighted by molar-refractivity contribution is 7.63. The van der Waals surface area contributed by atoms with Gasteiger partial charge in [-0.2, -0.15) is 0 Å². The number of esters is 1. The van der Waals surface area contributed by atoms with Gasteiger partial charge < -0.3 is 9.26 Å². The van der Waals surface area contributed by atoms with Gasteiger partial charge in [0.1, 0.15) is 6.61 Å². The minimum absolute atomic E-state index is 0.0346. The Kier molecular flexibility index (Phi) is 8.40. The molecule has 4 nitrogen and oxygen atoms in total. The van der Waals surface area contributed by atoms with E-state index in [0.717, 1.165) is 5.56 Å². The van der Waals surface area contributed by atoms with Crippen LogP contribution < -0.4 is 0 Å². The predicted molar refractivity (Wildman–Crippen MR) is 92.2 cm³/mol. The van der Waals surface area contributed by atoms with Crippen molar-refractivity contribution >= 4 is 13.3 Å². The Morgan fingerprint density at radius 3 is 2.57 bits per heavy atom. The molecule has 1 aromatic carbocycles. The van der Waals surface area contributed by atoms with Crippen LogP contribution in [0.15, 0.2) is 41.7 Å². The number of benzene rings is 1. The lowest BCUT2D eigenvalue weighted by atomic mass is 10.2. The zero-order valence-corrected chi connectivity index (χ0v) is 14.8. The van der Waals surface area contributed by atoms with E-state index in [-0.39, 0.29) is 19.2 Å². The number of carbonyl (C=O) groups is 1. The van der Waals surface area contributed by atoms with Crippen molar-refractivity contribution in [3.8, 4) is 11.8 Å². The molecular weight excluding hydrogens is 311 g/mol. The van der Waals surface area contributed by atoms with E-state index >= 15 is 0 Å². The molecule has 1 aromatic rings. The SMILES string of the molecule is CC#C/C(=C\C)P(=O)(CCC(=O)OCc1ccccc1)OCC. The molecule has 1 unspecified atom stereocenters. The van der Waals surface area contributed by atoms with Crippen molar-refractivity contribution in [3.63, 3.8) is 0 Å². The summed E-state index contributed by atoms with van der Waals surface area (Å²) in [5.74, 6) is 5.15. The van der Waals surface area contributed by atoms with Crippen LogP contribution in [-0.2, 0) is 25.2 Å². The van der Waals surface area contributed by atoms with Gasteiger partial charge in [-0.25, -0.2) is 0 Å². The van der Waals surface area contributed by atoms with Crippen molar-refractivity contribution in [1.29, 1.82) is 0 Å². The molecule has 1 rings (SSSR count). The molecular formula is C18H23O4P. The van der Waals surface area contributed by atoms with Crippen molar-refractivity contribution in [2.24, 2.45) is 0 Å². The summed E-state index contributed by atoms with van der Waals surface area (Å²) in [4.78, 5) is 11.9. The van der Waals surface area contributed by atoms with Gasteiger partial charge in [0, 0.05) is 6.16 Å². The molecule has 0 saturated heterocycles. The molecule has 0 aromatic heterocycles. The number of carbonyl (C=O) groups excluding carboxylic acids is 1. The first-order valence-electron chi connectivity index (χ1n) is 7.58. The Balaban J connectivity index is 2.62. The second kappa shape index (κ2) is 10.0. The Hall–Kier alpha value is -1.82. The maximum Gasteiger partial charge on any atom is 0.306 e. The van der Waals surface area contributed by atoms with Crippen LogP contribution in [0, 0.1) is 11.8 Å². The van der Waals surface area contributed by atoms with Gasteiger partial charge in [-0.1, -0.05) is 42.3 Å². The molecule has 124 valence electrons. The maximum absolute atomic E-state index is 12.9. The fourth-order valence-electron chi connectivity index (χ4n) is 1.99. The van der Waals surface area contributed by atoms with Gasteiger partial charge in [-0.05, 0) is 26.3 Å². The Morgan fingerprint density at radius 1 is 1.30 bits per heavy atom. The summed E-state index contributed by atoms with van der Waals surface area (Å²) >= 11 is 0. The lowest BCUT2D eigenvalue weighted by molar-refractivity contribution is -0.144. The lowest BCUT2D eigenvalue weighted by Gasteiger charge is -2.17. The van der Waals surface area contributed by atoms with E-state index in [1.807, 2.05) is 30.3 Å². The molecule has 0 amide bonds. The third-order valence-corrected chi connectivity index (χ3v) is 5.68. The average Bonchev–Trinajstić information content (AvgIpc) is 2.57. The van der Waals surface area contributed by atoms with Crippen LogP contribution >= 0.6 is 7.37 Å². The molecule has 23 heavy (non-hydrogen) atoms. The fourth-order valence-corrected chi connectivity index (χ4v) is 4.07. The van der Waals surface area contributed by atoms with Gasteiger partial charge in [0.15, 0.2) is 0 Å². The first kappa shape index (κ1) is 19.2. The van der Waals surface area contributed by atoms with Crippen LogP contribution in [0.25, 0.3) is 0 Å². The monoisotopic (exact) mass is 334 g/mol. The number of allylic oxidation sites excluding steroid dienone is 2. The van der Waals surface area contributed by atoms with Crippen LogP contribution in [0.3, 0.4) is 0 Å². The van der Waals surface area contributed by atoms with E-state index in [1.165, 1.54) is 0 Å². The third-order valence-electron chi connectivity index (χ3n) is 3.08. The van der Waals surface area contributed by atoms with E-state index in [1.54, 1.807) is 26.8 Å². The summed E-state index contributed by atoms with van der Waals surface area (Å²) in [7, 11) is -3.11. The molecule has 0 bridgehead atoms. The van der Waals surface area contributed by atoms with Gasteiger partial charge in [-0.3, -0.25) is 9.36 Å². The largest absolute Gasteiger partial charge is 0.461 e. The van der Waals surface area contributed by atoms with E-state index in [9.17, 15) is 9.36 Å². The molecule has 5 heteroatoms. The first-order chi connectivity index (χ1) is 11.1. The zero-order valence-electron chi connectivity index (χ0n) is 13.9. The van der Waals surface area contributed by atoms with Gasteiger partial charge in [0.25, 0.3) is 0 Å². The molecule has 0 aliphatic carbocycles. The summed E-state index contributed by atoms with van der Waals surface area (Å²) in [6.07, 6.45) is 1.82. The molecule has 0 aliphatic heterocycles. The molecule has 0 saturated carbocycles. The Labute approximate surface area is 138 Å². The zero-order chi connectivity index (χ0) is 17.1. The maximum atomic E-state index is 12.9. The van der Waals surface area contributed by atoms with Gasteiger partial charge in [0.2, 0.25) is 7.37 Å². The molecule has 0 aliphatic rings. The normalized spacial score (nSPS) is 13.6. The fraction of sp³-hybridized carbons (Fsp3) is 0.389. The number of ether oxygens (including phenoxy) is 1. The van der Waals surface area contributed by atoms with Crippen LogP contribution in [0.5, 0.6) is 0 Å². The lowest BCUT2D eigenvalue weighted by Crippen LogP contribution is -2.08. The summed E-state index contributed by atoms with van der Waals surface area (Å²) in [5.41, 5.74) is 0.917. The van der Waals surface area contributed by atoms with Crippen molar-refractivity contribution in [2.75, 3.05) is 12.8 Å². The molecule has 0 spiro atoms. The van der Waals surface area contributed by atoms with E-state index < -0.39 is 13.3 Å². The quantitative estimate of drug-likeness (QED) is 0.403. The van der Waals surface area contributed by atoms with Crippen molar-refractivity contribution in [1.82, 2.24) is 0 Å². The molecule has 0 fully saturated rings. The van der Waals surface area contributed by atoms with Crippen molar-refractivity contribution in [2.45, 2.75) is 33.8 Å². The van der Waals surface area contributed by atoms with Crippen molar-refractivity contribution < 1.29 is 18.6 Å². The standard InChI is InChI=1S/C18H23O4P/c1-4-10-17(5-2)23(20,22-6-3)14-13-18(19)21-15-16-11-8-7-9-12-16/h5,7-9,11-12H,6,13-15H2,1-3H3/b17-5+. The number of rotatable bonds is 8. The van der Waals surface area contributed by atoms with Crippen LogP contribution in [0.4, 0.5) is 0 Å². The van der Waals surface area contributed by atoms with E-state index in [2.05, 4.69) is 11.8 Å².